The number of nitrogens with one attached hydrogen (secondary N) is 1. The Morgan fingerprint density at radius 2 is 2.05 bits per heavy atom. The first-order chi connectivity index (χ1) is 9.02. The summed E-state index contributed by atoms with van der Waals surface area (Å²) in [7, 11) is 0. The van der Waals surface area contributed by atoms with Crippen molar-refractivity contribution in [2.45, 2.75) is 39.2 Å². The molecule has 3 nitrogen and oxygen atoms in total. The summed E-state index contributed by atoms with van der Waals surface area (Å²) in [4.78, 5) is 0. The Morgan fingerprint density at radius 3 is 2.68 bits per heavy atom. The fourth-order valence-electron chi connectivity index (χ4n) is 1.93. The van der Waals surface area contributed by atoms with Gasteiger partial charge in [-0.1, -0.05) is 23.8 Å². The van der Waals surface area contributed by atoms with Crippen LogP contribution in [0.4, 0.5) is 8.78 Å². The minimum Gasteiger partial charge on any atom is -0.375 e. The van der Waals surface area contributed by atoms with Crippen molar-refractivity contribution in [2.24, 2.45) is 5.84 Å². The molecule has 0 aliphatic rings. The molecule has 19 heavy (non-hydrogen) atoms. The van der Waals surface area contributed by atoms with Crippen molar-refractivity contribution < 1.29 is 13.5 Å². The van der Waals surface area contributed by atoms with Gasteiger partial charge in [0, 0.05) is 12.6 Å². The molecule has 0 bridgehead atoms. The third kappa shape index (κ3) is 6.09. The second kappa shape index (κ2) is 8.19. The van der Waals surface area contributed by atoms with Crippen LogP contribution in [0.25, 0.3) is 0 Å². The van der Waals surface area contributed by atoms with Gasteiger partial charge < -0.3 is 4.74 Å². The van der Waals surface area contributed by atoms with Crippen molar-refractivity contribution in [1.29, 1.82) is 0 Å². The number of hydrazine groups is 1. The lowest BCUT2D eigenvalue weighted by molar-refractivity contribution is 0.0144. The van der Waals surface area contributed by atoms with Gasteiger partial charge in [-0.3, -0.25) is 11.3 Å². The predicted octanol–water partition coefficient (Wildman–Crippen LogP) is 2.35. The van der Waals surface area contributed by atoms with E-state index in [1.165, 1.54) is 16.7 Å². The molecule has 0 heterocycles. The molecular formula is C14H22F2N2O. The number of benzene rings is 1. The molecule has 1 aromatic carbocycles. The Morgan fingerprint density at radius 1 is 1.32 bits per heavy atom. The highest BCUT2D eigenvalue weighted by atomic mass is 19.3. The van der Waals surface area contributed by atoms with Crippen LogP contribution >= 0.6 is 0 Å². The second-order valence-electron chi connectivity index (χ2n) is 4.75. The summed E-state index contributed by atoms with van der Waals surface area (Å²) in [6, 6.07) is 6.29. The Hall–Kier alpha value is -1.04. The van der Waals surface area contributed by atoms with Gasteiger partial charge in [-0.25, -0.2) is 8.78 Å². The van der Waals surface area contributed by atoms with E-state index in [0.29, 0.717) is 6.42 Å². The van der Waals surface area contributed by atoms with Gasteiger partial charge in [-0.15, -0.1) is 0 Å². The van der Waals surface area contributed by atoms with E-state index in [9.17, 15) is 8.78 Å². The number of ether oxygens (including phenoxy) is 1. The van der Waals surface area contributed by atoms with Crippen molar-refractivity contribution in [1.82, 2.24) is 5.43 Å². The van der Waals surface area contributed by atoms with Gasteiger partial charge in [0.05, 0.1) is 0 Å². The van der Waals surface area contributed by atoms with Crippen LogP contribution in [-0.4, -0.2) is 25.7 Å². The van der Waals surface area contributed by atoms with Crippen molar-refractivity contribution in [3.63, 3.8) is 0 Å². The predicted molar refractivity (Wildman–Crippen MR) is 72.2 cm³/mol. The number of hydrogen-bond donors (Lipinski definition) is 2. The third-order valence-corrected chi connectivity index (χ3v) is 3.06. The molecule has 3 N–H and O–H groups in total. The average Bonchev–Trinajstić information content (AvgIpc) is 2.37. The van der Waals surface area contributed by atoms with Gasteiger partial charge in [-0.2, -0.15) is 0 Å². The lowest BCUT2D eigenvalue weighted by Crippen LogP contribution is -2.38. The van der Waals surface area contributed by atoms with E-state index in [1.807, 2.05) is 6.92 Å². The standard InChI is InChI=1S/C14H22F2N2O/c1-10-3-4-11(2)12(7-10)8-13(18-17)5-6-19-9-14(15)16/h3-4,7,13-14,18H,5-6,8-9,17H2,1-2H3. The van der Waals surface area contributed by atoms with Crippen LogP contribution in [0.2, 0.25) is 0 Å². The van der Waals surface area contributed by atoms with Crippen LogP contribution in [0.3, 0.4) is 0 Å². The lowest BCUT2D eigenvalue weighted by atomic mass is 9.98. The second-order valence-corrected chi connectivity index (χ2v) is 4.75. The van der Waals surface area contributed by atoms with Crippen LogP contribution in [0.15, 0.2) is 18.2 Å². The average molecular weight is 272 g/mol. The highest BCUT2D eigenvalue weighted by Crippen LogP contribution is 2.14. The normalized spacial score (nSPS) is 12.9. The summed E-state index contributed by atoms with van der Waals surface area (Å²) in [5.41, 5.74) is 6.34. The van der Waals surface area contributed by atoms with E-state index in [-0.39, 0.29) is 12.6 Å². The molecule has 0 aromatic heterocycles. The molecule has 5 heteroatoms. The Bertz CT molecular complexity index is 386. The molecule has 1 rings (SSSR count). The number of rotatable bonds is 8. The van der Waals surface area contributed by atoms with Crippen molar-refractivity contribution in [2.75, 3.05) is 13.2 Å². The van der Waals surface area contributed by atoms with Crippen molar-refractivity contribution >= 4 is 0 Å². The van der Waals surface area contributed by atoms with Crippen LogP contribution in [0.1, 0.15) is 23.1 Å². The van der Waals surface area contributed by atoms with E-state index in [1.54, 1.807) is 0 Å². The summed E-state index contributed by atoms with van der Waals surface area (Å²) >= 11 is 0. The zero-order valence-electron chi connectivity index (χ0n) is 11.5. The molecule has 0 spiro atoms. The maximum absolute atomic E-state index is 11.9. The summed E-state index contributed by atoms with van der Waals surface area (Å²) in [6.07, 6.45) is -1.04. The van der Waals surface area contributed by atoms with Crippen molar-refractivity contribution in [3.8, 4) is 0 Å². The molecule has 1 atom stereocenters. The Labute approximate surface area is 113 Å². The molecule has 0 saturated heterocycles. The highest BCUT2D eigenvalue weighted by Gasteiger charge is 2.10. The van der Waals surface area contributed by atoms with Gasteiger partial charge in [-0.05, 0) is 37.8 Å². The zero-order valence-corrected chi connectivity index (χ0v) is 11.5. The number of alkyl halides is 2. The van der Waals surface area contributed by atoms with Gasteiger partial charge in [0.2, 0.25) is 0 Å². The van der Waals surface area contributed by atoms with E-state index in [2.05, 4.69) is 30.5 Å². The Balaban J connectivity index is 2.45. The van der Waals surface area contributed by atoms with Gasteiger partial charge >= 0.3 is 0 Å². The number of nitrogens with two attached hydrogens (primary N) is 1. The van der Waals surface area contributed by atoms with Crippen LogP contribution in [0.5, 0.6) is 0 Å². The van der Waals surface area contributed by atoms with Gasteiger partial charge in [0.25, 0.3) is 6.43 Å². The first-order valence-corrected chi connectivity index (χ1v) is 6.41. The van der Waals surface area contributed by atoms with Crippen LogP contribution < -0.4 is 11.3 Å². The Kier molecular flexibility index (Phi) is 6.91. The first-order valence-electron chi connectivity index (χ1n) is 6.41. The van der Waals surface area contributed by atoms with Crippen LogP contribution in [-0.2, 0) is 11.2 Å². The molecule has 0 aliphatic heterocycles. The van der Waals surface area contributed by atoms with E-state index < -0.39 is 13.0 Å². The minimum absolute atomic E-state index is 0.0261. The topological polar surface area (TPSA) is 47.3 Å². The highest BCUT2D eigenvalue weighted by molar-refractivity contribution is 5.31. The van der Waals surface area contributed by atoms with Crippen molar-refractivity contribution in [3.05, 3.63) is 34.9 Å². The molecule has 1 unspecified atom stereocenters. The number of halogens is 2. The molecule has 0 radical (unpaired) electrons. The summed E-state index contributed by atoms with van der Waals surface area (Å²) < 4.78 is 28.7. The molecule has 0 amide bonds. The molecule has 0 saturated carbocycles. The van der Waals surface area contributed by atoms with Gasteiger partial charge in [0.1, 0.15) is 6.61 Å². The molecule has 1 aromatic rings. The first kappa shape index (κ1) is 16.0. The summed E-state index contributed by atoms with van der Waals surface area (Å²) in [5, 5.41) is 0. The minimum atomic E-state index is -2.41. The molecule has 108 valence electrons. The van der Waals surface area contributed by atoms with E-state index >= 15 is 0 Å². The van der Waals surface area contributed by atoms with Gasteiger partial charge in [0.15, 0.2) is 0 Å². The zero-order chi connectivity index (χ0) is 14.3. The molecular weight excluding hydrogens is 250 g/mol. The SMILES string of the molecule is Cc1ccc(C)c(CC(CCOCC(F)F)NN)c1. The summed E-state index contributed by atoms with van der Waals surface area (Å²) in [6.45, 7) is 3.86. The van der Waals surface area contributed by atoms with E-state index in [4.69, 9.17) is 10.6 Å². The monoisotopic (exact) mass is 272 g/mol. The fourth-order valence-corrected chi connectivity index (χ4v) is 1.93. The lowest BCUT2D eigenvalue weighted by Gasteiger charge is -2.17. The largest absolute Gasteiger partial charge is 0.375 e. The maximum atomic E-state index is 11.9. The van der Waals surface area contributed by atoms with Crippen LogP contribution in [0, 0.1) is 13.8 Å². The molecule has 0 fully saturated rings. The maximum Gasteiger partial charge on any atom is 0.261 e. The smallest absolute Gasteiger partial charge is 0.261 e. The third-order valence-electron chi connectivity index (χ3n) is 3.06. The number of hydrogen-bond acceptors (Lipinski definition) is 3. The fraction of sp³-hybridized carbons (Fsp3) is 0.571. The quantitative estimate of drug-likeness (QED) is 0.434. The summed E-state index contributed by atoms with van der Waals surface area (Å²) in [5.74, 6) is 5.50. The number of aryl methyl sites for hydroxylation is 2. The molecule has 0 aliphatic carbocycles. The van der Waals surface area contributed by atoms with E-state index in [0.717, 1.165) is 6.42 Å².